The zero-order valence-corrected chi connectivity index (χ0v) is 12.3. The van der Waals surface area contributed by atoms with E-state index < -0.39 is 4.92 Å². The van der Waals surface area contributed by atoms with Gasteiger partial charge in [-0.25, -0.2) is 4.98 Å². The summed E-state index contributed by atoms with van der Waals surface area (Å²) in [6.45, 7) is 3.40. The summed E-state index contributed by atoms with van der Waals surface area (Å²) in [5, 5.41) is 13.8. The van der Waals surface area contributed by atoms with Gasteiger partial charge in [-0.1, -0.05) is 0 Å². The molecule has 9 heteroatoms. The molecule has 1 N–H and O–H groups in total. The first-order chi connectivity index (χ1) is 9.97. The summed E-state index contributed by atoms with van der Waals surface area (Å²) in [7, 11) is 0. The molecule has 1 aromatic rings. The minimum atomic E-state index is -0.505. The van der Waals surface area contributed by atoms with Crippen molar-refractivity contribution in [2.75, 3.05) is 24.5 Å². The fraction of sp³-hybridized carbons (Fsp3) is 0.583. The summed E-state index contributed by atoms with van der Waals surface area (Å²) < 4.78 is 0. The Morgan fingerprint density at radius 2 is 2.24 bits per heavy atom. The van der Waals surface area contributed by atoms with Crippen LogP contribution < -0.4 is 10.2 Å². The van der Waals surface area contributed by atoms with Crippen molar-refractivity contribution in [3.63, 3.8) is 0 Å². The van der Waals surface area contributed by atoms with Gasteiger partial charge < -0.3 is 10.2 Å². The molecule has 0 aliphatic carbocycles. The molecule has 0 saturated carbocycles. The highest BCUT2D eigenvalue weighted by atomic mass is 35.5. The van der Waals surface area contributed by atoms with E-state index in [1.165, 1.54) is 6.92 Å². The van der Waals surface area contributed by atoms with Crippen molar-refractivity contribution in [2.24, 2.45) is 5.92 Å². The van der Waals surface area contributed by atoms with Crippen LogP contribution in [0, 0.1) is 16.0 Å². The standard InChI is InChI=1S/C12H16ClN5O3/c1-8(19)14-6-9-2-4-17(5-3-9)11-10(18(20)21)7-15-12(13)16-11/h7,9H,2-6H2,1H3,(H,14,19). The molecule has 8 nitrogen and oxygen atoms in total. The van der Waals surface area contributed by atoms with Crippen LogP contribution in [-0.4, -0.2) is 40.4 Å². The van der Waals surface area contributed by atoms with Gasteiger partial charge in [0.05, 0.1) is 4.92 Å². The summed E-state index contributed by atoms with van der Waals surface area (Å²) in [6, 6.07) is 0. The lowest BCUT2D eigenvalue weighted by atomic mass is 9.97. The average Bonchev–Trinajstić information content (AvgIpc) is 2.45. The topological polar surface area (TPSA) is 101 Å². The van der Waals surface area contributed by atoms with E-state index >= 15 is 0 Å². The van der Waals surface area contributed by atoms with Crippen molar-refractivity contribution in [3.05, 3.63) is 21.6 Å². The second-order valence-corrected chi connectivity index (χ2v) is 5.31. The minimum absolute atomic E-state index is 0.00373. The van der Waals surface area contributed by atoms with Crippen molar-refractivity contribution in [2.45, 2.75) is 19.8 Å². The van der Waals surface area contributed by atoms with Gasteiger partial charge in [-0.15, -0.1) is 0 Å². The number of halogens is 1. The number of carbonyl (C=O) groups is 1. The third kappa shape index (κ3) is 4.01. The molecule has 1 fully saturated rings. The Morgan fingerprint density at radius 1 is 1.57 bits per heavy atom. The van der Waals surface area contributed by atoms with E-state index in [1.54, 1.807) is 0 Å². The summed E-state index contributed by atoms with van der Waals surface area (Å²) >= 11 is 5.73. The summed E-state index contributed by atoms with van der Waals surface area (Å²) in [4.78, 5) is 30.9. The first-order valence-corrected chi connectivity index (χ1v) is 7.01. The minimum Gasteiger partial charge on any atom is -0.356 e. The van der Waals surface area contributed by atoms with E-state index in [0.29, 0.717) is 25.6 Å². The van der Waals surface area contributed by atoms with Gasteiger partial charge in [0.15, 0.2) is 0 Å². The van der Waals surface area contributed by atoms with Gasteiger partial charge in [0, 0.05) is 26.6 Å². The summed E-state index contributed by atoms with van der Waals surface area (Å²) in [5.41, 5.74) is -0.139. The van der Waals surface area contributed by atoms with Crippen molar-refractivity contribution in [1.82, 2.24) is 15.3 Å². The number of piperidine rings is 1. The largest absolute Gasteiger partial charge is 0.356 e. The van der Waals surface area contributed by atoms with Gasteiger partial charge in [0.25, 0.3) is 0 Å². The number of carbonyl (C=O) groups excluding carboxylic acids is 1. The molecule has 1 aliphatic rings. The number of anilines is 1. The molecule has 0 bridgehead atoms. The number of hydrogen-bond acceptors (Lipinski definition) is 6. The van der Waals surface area contributed by atoms with Gasteiger partial charge in [0.1, 0.15) is 6.20 Å². The van der Waals surface area contributed by atoms with Gasteiger partial charge in [0.2, 0.25) is 17.0 Å². The number of nitro groups is 1. The molecule has 0 radical (unpaired) electrons. The molecule has 0 aromatic carbocycles. The maximum absolute atomic E-state index is 11.0. The highest BCUT2D eigenvalue weighted by Crippen LogP contribution is 2.29. The van der Waals surface area contributed by atoms with Gasteiger partial charge >= 0.3 is 5.69 Å². The molecule has 0 spiro atoms. The highest BCUT2D eigenvalue weighted by Gasteiger charge is 2.27. The fourth-order valence-electron chi connectivity index (χ4n) is 2.34. The van der Waals surface area contributed by atoms with E-state index in [9.17, 15) is 14.9 Å². The smallest absolute Gasteiger partial charge is 0.329 e. The quantitative estimate of drug-likeness (QED) is 0.512. The van der Waals surface area contributed by atoms with E-state index in [4.69, 9.17) is 11.6 Å². The van der Waals surface area contributed by atoms with E-state index in [2.05, 4.69) is 15.3 Å². The van der Waals surface area contributed by atoms with Crippen LogP contribution >= 0.6 is 11.6 Å². The van der Waals surface area contributed by atoms with Crippen molar-refractivity contribution in [3.8, 4) is 0 Å². The Morgan fingerprint density at radius 3 is 2.81 bits per heavy atom. The van der Waals surface area contributed by atoms with E-state index in [1.807, 2.05) is 4.90 Å². The van der Waals surface area contributed by atoms with Gasteiger partial charge in [-0.2, -0.15) is 4.98 Å². The van der Waals surface area contributed by atoms with Crippen LogP contribution in [0.2, 0.25) is 5.28 Å². The predicted octanol–water partition coefficient (Wildman–Crippen LogP) is 1.39. The molecule has 0 atom stereocenters. The molecule has 1 aromatic heterocycles. The Labute approximate surface area is 126 Å². The molecular formula is C12H16ClN5O3. The monoisotopic (exact) mass is 313 g/mol. The van der Waals surface area contributed by atoms with Crippen molar-refractivity contribution in [1.29, 1.82) is 0 Å². The average molecular weight is 314 g/mol. The number of nitrogens with one attached hydrogen (secondary N) is 1. The third-order valence-electron chi connectivity index (χ3n) is 3.47. The van der Waals surface area contributed by atoms with E-state index in [-0.39, 0.29) is 22.7 Å². The molecule has 2 rings (SSSR count). The first-order valence-electron chi connectivity index (χ1n) is 6.63. The van der Waals surface area contributed by atoms with Crippen LogP contribution in [0.5, 0.6) is 0 Å². The number of amides is 1. The lowest BCUT2D eigenvalue weighted by molar-refractivity contribution is -0.384. The lowest BCUT2D eigenvalue weighted by Crippen LogP contribution is -2.38. The highest BCUT2D eigenvalue weighted by molar-refractivity contribution is 6.28. The van der Waals surface area contributed by atoms with Crippen LogP contribution in [0.4, 0.5) is 11.5 Å². The maximum atomic E-state index is 11.0. The molecule has 1 saturated heterocycles. The van der Waals surface area contributed by atoms with E-state index in [0.717, 1.165) is 19.0 Å². The molecule has 1 amide bonds. The van der Waals surface area contributed by atoms with Crippen LogP contribution in [0.15, 0.2) is 6.20 Å². The van der Waals surface area contributed by atoms with Gasteiger partial charge in [-0.3, -0.25) is 14.9 Å². The van der Waals surface area contributed by atoms with Crippen molar-refractivity contribution >= 4 is 29.0 Å². The first kappa shape index (κ1) is 15.4. The third-order valence-corrected chi connectivity index (χ3v) is 3.65. The molecule has 1 aliphatic heterocycles. The molecule has 2 heterocycles. The van der Waals surface area contributed by atoms with Crippen LogP contribution in [-0.2, 0) is 4.79 Å². The molecule has 21 heavy (non-hydrogen) atoms. The maximum Gasteiger partial charge on any atom is 0.329 e. The van der Waals surface area contributed by atoms with Crippen LogP contribution in [0.3, 0.4) is 0 Å². The number of hydrogen-bond donors (Lipinski definition) is 1. The SMILES string of the molecule is CC(=O)NCC1CCN(c2nc(Cl)ncc2[N+](=O)[O-])CC1. The van der Waals surface area contributed by atoms with Crippen LogP contribution in [0.25, 0.3) is 0 Å². The normalized spacial score (nSPS) is 15.8. The second kappa shape index (κ2) is 6.66. The second-order valence-electron chi connectivity index (χ2n) is 4.97. The lowest BCUT2D eigenvalue weighted by Gasteiger charge is -2.32. The number of nitrogens with zero attached hydrogens (tertiary/aromatic N) is 4. The Kier molecular flexibility index (Phi) is 4.89. The van der Waals surface area contributed by atoms with Crippen LogP contribution in [0.1, 0.15) is 19.8 Å². The zero-order valence-electron chi connectivity index (χ0n) is 11.6. The van der Waals surface area contributed by atoms with Crippen molar-refractivity contribution < 1.29 is 9.72 Å². The Balaban J connectivity index is 2.03. The number of rotatable bonds is 4. The fourth-order valence-corrected chi connectivity index (χ4v) is 2.47. The zero-order chi connectivity index (χ0) is 15.4. The predicted molar refractivity (Wildman–Crippen MR) is 77.3 cm³/mol. The molecule has 114 valence electrons. The summed E-state index contributed by atoms with van der Waals surface area (Å²) in [6.07, 6.45) is 2.80. The molecular weight excluding hydrogens is 298 g/mol. The van der Waals surface area contributed by atoms with Gasteiger partial charge in [-0.05, 0) is 30.4 Å². The molecule has 0 unspecified atom stereocenters. The Hall–Kier alpha value is -1.96. The summed E-state index contributed by atoms with van der Waals surface area (Å²) in [5.74, 6) is 0.593. The Bertz CT molecular complexity index is 546. The number of aromatic nitrogens is 2.